The predicted octanol–water partition coefficient (Wildman–Crippen LogP) is 2.17. The maximum absolute atomic E-state index is 13.6. The highest BCUT2D eigenvalue weighted by Gasteiger charge is 2.63. The van der Waals surface area contributed by atoms with Crippen LogP contribution in [0.15, 0.2) is 45.3 Å². The van der Waals surface area contributed by atoms with Crippen LogP contribution in [0.5, 0.6) is 0 Å². The Hall–Kier alpha value is -2.73. The summed E-state index contributed by atoms with van der Waals surface area (Å²) in [5.74, 6) is -2.46. The minimum absolute atomic E-state index is 0.159. The highest BCUT2D eigenvalue weighted by Crippen LogP contribution is 2.44. The summed E-state index contributed by atoms with van der Waals surface area (Å²) < 4.78 is 58.2. The number of methoxy groups -OCH3 is 1. The van der Waals surface area contributed by atoms with E-state index in [0.717, 1.165) is 25.3 Å². The van der Waals surface area contributed by atoms with Crippen LogP contribution in [0.3, 0.4) is 0 Å². The third kappa shape index (κ3) is 3.52. The smallest absolute Gasteiger partial charge is 0.438 e. The van der Waals surface area contributed by atoms with Crippen LogP contribution >= 0.6 is 11.8 Å². The molecule has 3 rings (SSSR count). The molecule has 1 amide bonds. The average molecular weight is 417 g/mol. The number of benzene rings is 1. The summed E-state index contributed by atoms with van der Waals surface area (Å²) >= 11 is 0.437. The minimum atomic E-state index is -5.15. The van der Waals surface area contributed by atoms with E-state index in [2.05, 4.69) is 14.8 Å². The van der Waals surface area contributed by atoms with Crippen molar-refractivity contribution in [2.75, 3.05) is 7.11 Å². The molecular formula is C16H11F4N3O4S. The van der Waals surface area contributed by atoms with Gasteiger partial charge in [0.15, 0.2) is 5.17 Å². The van der Waals surface area contributed by atoms with E-state index in [9.17, 15) is 32.3 Å². The lowest BCUT2D eigenvalue weighted by Crippen LogP contribution is -2.56. The Morgan fingerprint density at radius 2 is 2.00 bits per heavy atom. The fraction of sp³-hybridized carbons (Fsp3) is 0.250. The molecule has 0 saturated carbocycles. The molecule has 1 N–H and O–H groups in total. The summed E-state index contributed by atoms with van der Waals surface area (Å²) in [6, 6.07) is 4.50. The Labute approximate surface area is 159 Å². The van der Waals surface area contributed by atoms with Crippen LogP contribution in [-0.4, -0.2) is 51.9 Å². The molecule has 2 aliphatic rings. The zero-order valence-corrected chi connectivity index (χ0v) is 14.8. The number of rotatable bonds is 2. The monoisotopic (exact) mass is 417 g/mol. The second-order valence-corrected chi connectivity index (χ2v) is 6.70. The average Bonchev–Trinajstić information content (AvgIpc) is 3.16. The quantitative estimate of drug-likeness (QED) is 0.451. The van der Waals surface area contributed by atoms with Crippen molar-refractivity contribution in [3.63, 3.8) is 0 Å². The molecule has 2 heterocycles. The number of aliphatic hydroxyl groups is 1. The number of halogens is 4. The molecule has 12 heteroatoms. The van der Waals surface area contributed by atoms with Gasteiger partial charge in [0.25, 0.3) is 11.6 Å². The number of carbonyl (C=O) groups is 2. The molecule has 7 nitrogen and oxygen atoms in total. The second kappa shape index (κ2) is 7.02. The first-order valence-corrected chi connectivity index (χ1v) is 8.40. The molecule has 1 atom stereocenters. The van der Waals surface area contributed by atoms with E-state index < -0.39 is 41.2 Å². The molecule has 0 bridgehead atoms. The number of carbonyl (C=O) groups excluding carboxylic acids is 2. The number of nitrogens with zero attached hydrogens (tertiary/aromatic N) is 3. The lowest BCUT2D eigenvalue weighted by molar-refractivity contribution is -0.294. The van der Waals surface area contributed by atoms with Gasteiger partial charge in [-0.05, 0) is 29.5 Å². The summed E-state index contributed by atoms with van der Waals surface area (Å²) in [5.41, 5.74) is -3.49. The van der Waals surface area contributed by atoms with Crippen LogP contribution in [0.1, 0.15) is 12.0 Å². The van der Waals surface area contributed by atoms with E-state index >= 15 is 0 Å². The summed E-state index contributed by atoms with van der Waals surface area (Å²) in [4.78, 5) is 26.3. The van der Waals surface area contributed by atoms with Crippen LogP contribution in [0.25, 0.3) is 0 Å². The van der Waals surface area contributed by atoms with Crippen molar-refractivity contribution in [2.24, 2.45) is 10.1 Å². The van der Waals surface area contributed by atoms with E-state index in [0.29, 0.717) is 11.8 Å². The molecular weight excluding hydrogens is 406 g/mol. The Balaban J connectivity index is 1.99. The van der Waals surface area contributed by atoms with Crippen molar-refractivity contribution < 1.29 is 37.0 Å². The van der Waals surface area contributed by atoms with E-state index in [-0.39, 0.29) is 21.2 Å². The molecule has 0 fully saturated rings. The molecule has 0 radical (unpaired) electrons. The first kappa shape index (κ1) is 20.0. The van der Waals surface area contributed by atoms with Crippen LogP contribution < -0.4 is 0 Å². The number of hydrazone groups is 1. The third-order valence-electron chi connectivity index (χ3n) is 3.86. The number of amides is 1. The van der Waals surface area contributed by atoms with Gasteiger partial charge >= 0.3 is 12.1 Å². The molecule has 0 spiro atoms. The maximum Gasteiger partial charge on any atom is 0.438 e. The first-order chi connectivity index (χ1) is 13.0. The Morgan fingerprint density at radius 1 is 1.36 bits per heavy atom. The number of ether oxygens (including phenoxy) is 1. The number of alkyl halides is 3. The number of thioether (sulfide) groups is 1. The molecule has 0 saturated heterocycles. The number of aliphatic imine (C=N–C) groups is 1. The van der Waals surface area contributed by atoms with Crippen molar-refractivity contribution in [1.82, 2.24) is 5.01 Å². The molecule has 0 aromatic heterocycles. The Bertz CT molecular complexity index is 927. The Morgan fingerprint density at radius 3 is 2.57 bits per heavy atom. The normalized spacial score (nSPS) is 23.9. The Kier molecular flexibility index (Phi) is 5.02. The lowest BCUT2D eigenvalue weighted by Gasteiger charge is -2.33. The van der Waals surface area contributed by atoms with Gasteiger partial charge in [0, 0.05) is 6.08 Å². The van der Waals surface area contributed by atoms with E-state index in [1.165, 1.54) is 12.1 Å². The first-order valence-electron chi connectivity index (χ1n) is 7.58. The largest absolute Gasteiger partial charge is 0.466 e. The third-order valence-corrected chi connectivity index (χ3v) is 4.82. The summed E-state index contributed by atoms with van der Waals surface area (Å²) in [6.07, 6.45) is -5.35. The number of hydrogen-bond acceptors (Lipinski definition) is 7. The molecule has 1 unspecified atom stereocenters. The van der Waals surface area contributed by atoms with E-state index in [1.54, 1.807) is 0 Å². The summed E-state index contributed by atoms with van der Waals surface area (Å²) in [7, 11) is 1.06. The highest BCUT2D eigenvalue weighted by atomic mass is 32.2. The summed E-state index contributed by atoms with van der Waals surface area (Å²) in [6.45, 7) is 0. The van der Waals surface area contributed by atoms with Crippen molar-refractivity contribution in [3.8, 4) is 0 Å². The van der Waals surface area contributed by atoms with Gasteiger partial charge in [0.05, 0.1) is 24.1 Å². The van der Waals surface area contributed by atoms with Crippen molar-refractivity contribution in [3.05, 3.63) is 46.6 Å². The summed E-state index contributed by atoms with van der Waals surface area (Å²) in [5, 5.41) is 13.7. The molecule has 1 aromatic rings. The molecule has 0 aliphatic carbocycles. The zero-order chi connectivity index (χ0) is 20.7. The van der Waals surface area contributed by atoms with Gasteiger partial charge in [-0.3, -0.25) is 4.79 Å². The van der Waals surface area contributed by atoms with Gasteiger partial charge in [-0.1, -0.05) is 12.1 Å². The number of amidine groups is 1. The predicted molar refractivity (Wildman–Crippen MR) is 90.5 cm³/mol. The SMILES string of the molecule is COC(=O)/C=C1/SC(N2N=C(c3ccc(F)cc3)CC2(O)C(F)(F)F)=NC1=O. The minimum Gasteiger partial charge on any atom is -0.466 e. The standard InChI is InChI=1S/C16H11F4N3O4S/c1-27-12(24)6-11-13(25)21-14(28-11)23-15(26,16(18,19)20)7-10(22-23)8-2-4-9(17)5-3-8/h2-6,26H,7H2,1H3/b11-6+. The van der Waals surface area contributed by atoms with Gasteiger partial charge in [-0.25, -0.2) is 9.18 Å². The molecule has 28 heavy (non-hydrogen) atoms. The van der Waals surface area contributed by atoms with Crippen LogP contribution in [0.4, 0.5) is 17.6 Å². The van der Waals surface area contributed by atoms with Crippen molar-refractivity contribution in [2.45, 2.75) is 18.3 Å². The number of esters is 1. The highest BCUT2D eigenvalue weighted by molar-refractivity contribution is 8.18. The van der Waals surface area contributed by atoms with Gasteiger partial charge < -0.3 is 9.84 Å². The fourth-order valence-corrected chi connectivity index (χ4v) is 3.32. The topological polar surface area (TPSA) is 91.6 Å². The van der Waals surface area contributed by atoms with Gasteiger partial charge in [0.1, 0.15) is 5.82 Å². The van der Waals surface area contributed by atoms with Crippen LogP contribution in [0.2, 0.25) is 0 Å². The van der Waals surface area contributed by atoms with Gasteiger partial charge in [0.2, 0.25) is 0 Å². The second-order valence-electron chi connectivity index (χ2n) is 5.69. The zero-order valence-electron chi connectivity index (χ0n) is 14.0. The van der Waals surface area contributed by atoms with E-state index in [4.69, 9.17) is 0 Å². The number of hydrogen-bond donors (Lipinski definition) is 1. The van der Waals surface area contributed by atoms with Crippen LogP contribution in [0, 0.1) is 5.82 Å². The maximum atomic E-state index is 13.6. The fourth-order valence-electron chi connectivity index (χ4n) is 2.43. The molecule has 148 valence electrons. The van der Waals surface area contributed by atoms with Gasteiger partial charge in [-0.2, -0.15) is 28.3 Å². The lowest BCUT2D eigenvalue weighted by atomic mass is 10.0. The van der Waals surface area contributed by atoms with Crippen LogP contribution in [-0.2, 0) is 14.3 Å². The van der Waals surface area contributed by atoms with E-state index in [1.807, 2.05) is 0 Å². The molecule has 2 aliphatic heterocycles. The molecule has 1 aromatic carbocycles. The van der Waals surface area contributed by atoms with Crippen molar-refractivity contribution >= 4 is 34.5 Å². The van der Waals surface area contributed by atoms with Crippen molar-refractivity contribution in [1.29, 1.82) is 0 Å². The van der Waals surface area contributed by atoms with Gasteiger partial charge in [-0.15, -0.1) is 0 Å².